The summed E-state index contributed by atoms with van der Waals surface area (Å²) in [5.41, 5.74) is 6.52. The fourth-order valence-electron chi connectivity index (χ4n) is 1.58. The molecule has 0 spiro atoms. The van der Waals surface area contributed by atoms with Crippen LogP contribution in [0.25, 0.3) is 10.8 Å². The van der Waals surface area contributed by atoms with Gasteiger partial charge in [0.15, 0.2) is 0 Å². The Morgan fingerprint density at radius 2 is 2.07 bits per heavy atom. The molecular formula is C12H15N3. The molecular weight excluding hydrogens is 186 g/mol. The Labute approximate surface area is 89.3 Å². The van der Waals surface area contributed by atoms with E-state index in [2.05, 4.69) is 24.1 Å². The van der Waals surface area contributed by atoms with Crippen molar-refractivity contribution in [2.45, 2.75) is 19.9 Å². The topological polar surface area (TPSA) is 50.9 Å². The molecule has 15 heavy (non-hydrogen) atoms. The maximum atomic E-state index is 5.73. The average molecular weight is 201 g/mol. The second kappa shape index (κ2) is 3.77. The van der Waals surface area contributed by atoms with Gasteiger partial charge < -0.3 is 11.1 Å². The molecule has 0 saturated carbocycles. The highest BCUT2D eigenvalue weighted by Gasteiger charge is 2.03. The Balaban J connectivity index is 2.56. The van der Waals surface area contributed by atoms with Crippen LogP contribution in [0.1, 0.15) is 13.8 Å². The molecule has 0 radical (unpaired) electrons. The molecule has 1 heterocycles. The van der Waals surface area contributed by atoms with Gasteiger partial charge in [-0.25, -0.2) is 4.98 Å². The molecule has 3 N–H and O–H groups in total. The maximum absolute atomic E-state index is 5.73. The first-order valence-corrected chi connectivity index (χ1v) is 5.07. The molecule has 0 saturated heterocycles. The van der Waals surface area contributed by atoms with Crippen LogP contribution in [0.5, 0.6) is 0 Å². The normalized spacial score (nSPS) is 10.9. The Morgan fingerprint density at radius 3 is 2.80 bits per heavy atom. The summed E-state index contributed by atoms with van der Waals surface area (Å²) < 4.78 is 0. The summed E-state index contributed by atoms with van der Waals surface area (Å²) in [6, 6.07) is 8.21. The van der Waals surface area contributed by atoms with E-state index < -0.39 is 0 Å². The highest BCUT2D eigenvalue weighted by molar-refractivity contribution is 5.93. The van der Waals surface area contributed by atoms with Gasteiger partial charge in [-0.15, -0.1) is 0 Å². The number of pyridine rings is 1. The van der Waals surface area contributed by atoms with Crippen LogP contribution in [0.15, 0.2) is 30.5 Å². The van der Waals surface area contributed by atoms with Gasteiger partial charge in [-0.2, -0.15) is 0 Å². The van der Waals surface area contributed by atoms with Crippen molar-refractivity contribution in [2.75, 3.05) is 11.1 Å². The molecule has 3 heteroatoms. The first-order valence-electron chi connectivity index (χ1n) is 5.07. The minimum atomic E-state index is 0.376. The number of nitrogens with one attached hydrogen (secondary N) is 1. The van der Waals surface area contributed by atoms with Crippen molar-refractivity contribution < 1.29 is 0 Å². The maximum Gasteiger partial charge on any atom is 0.134 e. The molecule has 0 amide bonds. The summed E-state index contributed by atoms with van der Waals surface area (Å²) in [7, 11) is 0. The predicted molar refractivity (Wildman–Crippen MR) is 64.9 cm³/mol. The van der Waals surface area contributed by atoms with Crippen molar-refractivity contribution in [1.82, 2.24) is 4.98 Å². The second-order valence-corrected chi connectivity index (χ2v) is 3.94. The number of nitrogen functional groups attached to an aromatic ring is 1. The number of aromatic nitrogens is 1. The first-order chi connectivity index (χ1) is 7.16. The van der Waals surface area contributed by atoms with Crippen LogP contribution < -0.4 is 11.1 Å². The van der Waals surface area contributed by atoms with E-state index in [-0.39, 0.29) is 0 Å². The Hall–Kier alpha value is -1.77. The van der Waals surface area contributed by atoms with Crippen LogP contribution in [0, 0.1) is 0 Å². The Kier molecular flexibility index (Phi) is 2.46. The van der Waals surface area contributed by atoms with E-state index in [0.717, 1.165) is 22.3 Å². The lowest BCUT2D eigenvalue weighted by Crippen LogP contribution is -2.11. The zero-order valence-electron chi connectivity index (χ0n) is 8.99. The monoisotopic (exact) mass is 201 g/mol. The van der Waals surface area contributed by atoms with Crippen molar-refractivity contribution in [1.29, 1.82) is 0 Å². The molecule has 2 rings (SSSR count). The molecule has 0 bridgehead atoms. The summed E-state index contributed by atoms with van der Waals surface area (Å²) in [5, 5.41) is 5.55. The lowest BCUT2D eigenvalue weighted by Gasteiger charge is -2.11. The van der Waals surface area contributed by atoms with Crippen LogP contribution in [-0.4, -0.2) is 11.0 Å². The van der Waals surface area contributed by atoms with Crippen molar-refractivity contribution in [3.63, 3.8) is 0 Å². The number of hydrogen-bond donors (Lipinski definition) is 2. The van der Waals surface area contributed by atoms with E-state index in [1.807, 2.05) is 24.3 Å². The van der Waals surface area contributed by atoms with Gasteiger partial charge in [0.25, 0.3) is 0 Å². The number of nitrogens with two attached hydrogens (primary N) is 1. The van der Waals surface area contributed by atoms with E-state index in [0.29, 0.717) is 6.04 Å². The van der Waals surface area contributed by atoms with Crippen LogP contribution in [-0.2, 0) is 0 Å². The number of fused-ring (bicyclic) bond motifs is 1. The van der Waals surface area contributed by atoms with Crippen LogP contribution in [0.4, 0.5) is 11.5 Å². The van der Waals surface area contributed by atoms with E-state index in [4.69, 9.17) is 5.73 Å². The highest BCUT2D eigenvalue weighted by Crippen LogP contribution is 2.23. The number of nitrogens with zero attached hydrogens (tertiary/aromatic N) is 1. The third kappa shape index (κ3) is 2.01. The molecule has 78 valence electrons. The van der Waals surface area contributed by atoms with Gasteiger partial charge in [0.1, 0.15) is 5.82 Å². The fourth-order valence-corrected chi connectivity index (χ4v) is 1.58. The highest BCUT2D eigenvalue weighted by atomic mass is 15.0. The van der Waals surface area contributed by atoms with Gasteiger partial charge in [-0.1, -0.05) is 0 Å². The molecule has 0 aliphatic heterocycles. The van der Waals surface area contributed by atoms with Crippen LogP contribution >= 0.6 is 0 Å². The minimum absolute atomic E-state index is 0.376. The predicted octanol–water partition coefficient (Wildman–Crippen LogP) is 2.64. The smallest absolute Gasteiger partial charge is 0.134 e. The van der Waals surface area contributed by atoms with Gasteiger partial charge in [-0.05, 0) is 43.5 Å². The summed E-state index contributed by atoms with van der Waals surface area (Å²) in [5.74, 6) is 0.919. The zero-order chi connectivity index (χ0) is 10.8. The standard InChI is InChI=1S/C12H15N3/c1-8(2)15-12-11-4-3-10(13)7-9(11)5-6-14-12/h3-8H,13H2,1-2H3,(H,14,15). The molecule has 3 nitrogen and oxygen atoms in total. The lowest BCUT2D eigenvalue weighted by atomic mass is 10.1. The van der Waals surface area contributed by atoms with E-state index in [1.54, 1.807) is 6.20 Å². The largest absolute Gasteiger partial charge is 0.399 e. The average Bonchev–Trinajstić information content (AvgIpc) is 2.16. The zero-order valence-corrected chi connectivity index (χ0v) is 8.99. The van der Waals surface area contributed by atoms with Gasteiger partial charge in [-0.3, -0.25) is 0 Å². The van der Waals surface area contributed by atoms with Gasteiger partial charge in [0, 0.05) is 23.3 Å². The van der Waals surface area contributed by atoms with Crippen molar-refractivity contribution >= 4 is 22.3 Å². The quantitative estimate of drug-likeness (QED) is 0.734. The molecule has 0 aliphatic rings. The molecule has 2 aromatic rings. The van der Waals surface area contributed by atoms with Crippen LogP contribution in [0.3, 0.4) is 0 Å². The molecule has 1 aromatic carbocycles. The second-order valence-electron chi connectivity index (χ2n) is 3.94. The van der Waals surface area contributed by atoms with Gasteiger partial charge >= 0.3 is 0 Å². The minimum Gasteiger partial charge on any atom is -0.399 e. The van der Waals surface area contributed by atoms with Gasteiger partial charge in [0.05, 0.1) is 0 Å². The molecule has 0 fully saturated rings. The number of anilines is 2. The van der Waals surface area contributed by atoms with Crippen molar-refractivity contribution in [3.8, 4) is 0 Å². The number of rotatable bonds is 2. The van der Waals surface area contributed by atoms with Crippen molar-refractivity contribution in [2.24, 2.45) is 0 Å². The van der Waals surface area contributed by atoms with Crippen LogP contribution in [0.2, 0.25) is 0 Å². The third-order valence-electron chi connectivity index (χ3n) is 2.21. The Bertz CT molecular complexity index is 477. The summed E-state index contributed by atoms with van der Waals surface area (Å²) >= 11 is 0. The lowest BCUT2D eigenvalue weighted by molar-refractivity contribution is 0.892. The molecule has 1 aromatic heterocycles. The summed E-state index contributed by atoms with van der Waals surface area (Å²) in [6.07, 6.45) is 1.80. The first kappa shape index (κ1) is 9.77. The SMILES string of the molecule is CC(C)Nc1nccc2cc(N)ccc12. The summed E-state index contributed by atoms with van der Waals surface area (Å²) in [6.45, 7) is 4.19. The fraction of sp³-hybridized carbons (Fsp3) is 0.250. The summed E-state index contributed by atoms with van der Waals surface area (Å²) in [4.78, 5) is 4.32. The molecule has 0 unspecified atom stereocenters. The van der Waals surface area contributed by atoms with E-state index >= 15 is 0 Å². The Morgan fingerprint density at radius 1 is 1.27 bits per heavy atom. The number of hydrogen-bond acceptors (Lipinski definition) is 3. The molecule has 0 atom stereocenters. The number of benzene rings is 1. The third-order valence-corrected chi connectivity index (χ3v) is 2.21. The van der Waals surface area contributed by atoms with Gasteiger partial charge in [0.2, 0.25) is 0 Å². The molecule has 0 aliphatic carbocycles. The van der Waals surface area contributed by atoms with Crippen molar-refractivity contribution in [3.05, 3.63) is 30.5 Å². The van der Waals surface area contributed by atoms with E-state index in [1.165, 1.54) is 0 Å². The van der Waals surface area contributed by atoms with E-state index in [9.17, 15) is 0 Å².